The van der Waals surface area contributed by atoms with Crippen LogP contribution >= 0.6 is 0 Å². The zero-order valence-corrected chi connectivity index (χ0v) is 15.5. The first-order valence-electron chi connectivity index (χ1n) is 8.64. The van der Waals surface area contributed by atoms with Crippen LogP contribution in [0.3, 0.4) is 0 Å². The van der Waals surface area contributed by atoms with Crippen LogP contribution in [0.15, 0.2) is 42.5 Å². The van der Waals surface area contributed by atoms with E-state index in [2.05, 4.69) is 0 Å². The molecule has 12 heteroatoms. The average molecular weight is 448 g/mol. The van der Waals surface area contributed by atoms with E-state index in [1.54, 1.807) is 12.1 Å². The maximum atomic E-state index is 13.0. The molecule has 2 N–H and O–H groups in total. The summed E-state index contributed by atoms with van der Waals surface area (Å²) in [6, 6.07) is 6.76. The Labute approximate surface area is 171 Å². The lowest BCUT2D eigenvalue weighted by atomic mass is 10.1. The van der Waals surface area contributed by atoms with E-state index < -0.39 is 53.8 Å². The van der Waals surface area contributed by atoms with E-state index >= 15 is 0 Å². The number of nitrogens with two attached hydrogens (primary N) is 1. The Morgan fingerprint density at radius 1 is 1.03 bits per heavy atom. The van der Waals surface area contributed by atoms with E-state index in [-0.39, 0.29) is 24.0 Å². The number of benzene rings is 2. The summed E-state index contributed by atoms with van der Waals surface area (Å²) in [4.78, 5) is 25.2. The predicted octanol–water partition coefficient (Wildman–Crippen LogP) is 3.38. The molecule has 2 aromatic rings. The van der Waals surface area contributed by atoms with Crippen molar-refractivity contribution >= 4 is 17.5 Å². The molecule has 0 spiro atoms. The summed E-state index contributed by atoms with van der Waals surface area (Å²) in [5.41, 5.74) is 2.32. The fraction of sp³-hybridized carbons (Fsp3) is 0.263. The summed E-state index contributed by atoms with van der Waals surface area (Å²) in [5, 5.41) is 0. The zero-order chi connectivity index (χ0) is 23.0. The smallest absolute Gasteiger partial charge is 0.416 e. The number of halogens is 6. The van der Waals surface area contributed by atoms with E-state index in [1.165, 1.54) is 12.1 Å². The third-order valence-electron chi connectivity index (χ3n) is 4.32. The van der Waals surface area contributed by atoms with Crippen LogP contribution in [0.5, 0.6) is 11.5 Å². The van der Waals surface area contributed by atoms with Crippen molar-refractivity contribution in [3.05, 3.63) is 53.6 Å². The Morgan fingerprint density at radius 2 is 1.61 bits per heavy atom. The van der Waals surface area contributed by atoms with Gasteiger partial charge in [-0.3, -0.25) is 9.59 Å². The van der Waals surface area contributed by atoms with E-state index in [0.29, 0.717) is 12.1 Å². The van der Waals surface area contributed by atoms with Gasteiger partial charge in [-0.25, -0.2) is 0 Å². The number of carbonyl (C=O) groups excluding carboxylic acids is 2. The normalized spacial score (nSPS) is 16.3. The van der Waals surface area contributed by atoms with Crippen molar-refractivity contribution in [2.24, 2.45) is 5.73 Å². The lowest BCUT2D eigenvalue weighted by molar-refractivity contribution is -0.143. The second kappa shape index (κ2) is 8.00. The van der Waals surface area contributed by atoms with Crippen LogP contribution in [-0.4, -0.2) is 31.1 Å². The number of hydrogen-bond acceptors (Lipinski definition) is 4. The zero-order valence-electron chi connectivity index (χ0n) is 15.5. The summed E-state index contributed by atoms with van der Waals surface area (Å²) in [5.74, 6) is -2.32. The number of hydrogen-bond donors (Lipinski definition) is 1. The van der Waals surface area contributed by atoms with Crippen LogP contribution in [0.2, 0.25) is 0 Å². The molecule has 0 aromatic heterocycles. The van der Waals surface area contributed by atoms with Crippen LogP contribution in [-0.2, 0) is 21.9 Å². The molecule has 2 aromatic carbocycles. The number of anilines is 1. The van der Waals surface area contributed by atoms with Gasteiger partial charge in [0.25, 0.3) is 11.8 Å². The Kier molecular flexibility index (Phi) is 5.74. The van der Waals surface area contributed by atoms with E-state index in [4.69, 9.17) is 15.2 Å². The van der Waals surface area contributed by atoms with E-state index in [9.17, 15) is 35.9 Å². The molecule has 0 radical (unpaired) electrons. The fourth-order valence-electron chi connectivity index (χ4n) is 2.85. The van der Waals surface area contributed by atoms with Crippen molar-refractivity contribution in [3.8, 4) is 11.5 Å². The molecule has 0 unspecified atom stereocenters. The minimum Gasteiger partial charge on any atom is -0.484 e. The summed E-state index contributed by atoms with van der Waals surface area (Å²) >= 11 is 0. The van der Waals surface area contributed by atoms with Gasteiger partial charge in [0.1, 0.15) is 11.5 Å². The van der Waals surface area contributed by atoms with Crippen molar-refractivity contribution in [1.82, 2.24) is 0 Å². The molecule has 0 bridgehead atoms. The number of alkyl halides is 6. The second-order valence-corrected chi connectivity index (χ2v) is 6.51. The van der Waals surface area contributed by atoms with Gasteiger partial charge in [-0.2, -0.15) is 26.3 Å². The predicted molar refractivity (Wildman–Crippen MR) is 94.3 cm³/mol. The molecule has 1 aliphatic heterocycles. The molecule has 0 fully saturated rings. The molecular weight excluding hydrogens is 434 g/mol. The Morgan fingerprint density at radius 3 is 2.16 bits per heavy atom. The minimum atomic E-state index is -5.05. The van der Waals surface area contributed by atoms with Crippen molar-refractivity contribution in [3.63, 3.8) is 0 Å². The van der Waals surface area contributed by atoms with Crippen molar-refractivity contribution in [2.45, 2.75) is 18.5 Å². The van der Waals surface area contributed by atoms with Gasteiger partial charge in [-0.15, -0.1) is 0 Å². The molecule has 31 heavy (non-hydrogen) atoms. The molecular formula is C19H14F6N2O4. The highest BCUT2D eigenvalue weighted by molar-refractivity contribution is 5.98. The van der Waals surface area contributed by atoms with Crippen molar-refractivity contribution in [2.75, 3.05) is 18.1 Å². The third-order valence-corrected chi connectivity index (χ3v) is 4.32. The maximum Gasteiger partial charge on any atom is 0.416 e. The Hall–Kier alpha value is -3.44. The summed E-state index contributed by atoms with van der Waals surface area (Å²) in [6.07, 6.45) is -11.3. The number of amides is 2. The van der Waals surface area contributed by atoms with Gasteiger partial charge in [-0.1, -0.05) is 12.1 Å². The van der Waals surface area contributed by atoms with Gasteiger partial charge < -0.3 is 20.1 Å². The molecule has 1 heterocycles. The third kappa shape index (κ3) is 5.01. The minimum absolute atomic E-state index is 0.0512. The Balaban J connectivity index is 1.84. The number of nitrogens with zero attached hydrogens (tertiary/aromatic N) is 1. The average Bonchev–Trinajstić information content (AvgIpc) is 2.69. The van der Waals surface area contributed by atoms with Gasteiger partial charge in [0.2, 0.25) is 0 Å². The molecule has 0 saturated heterocycles. The highest BCUT2D eigenvalue weighted by Crippen LogP contribution is 2.38. The van der Waals surface area contributed by atoms with E-state index in [1.807, 2.05) is 0 Å². The first-order chi connectivity index (χ1) is 14.4. The molecule has 166 valence electrons. The fourth-order valence-corrected chi connectivity index (χ4v) is 2.85. The molecule has 0 aliphatic carbocycles. The lowest BCUT2D eigenvalue weighted by Gasteiger charge is -2.33. The number of ether oxygens (including phenoxy) is 2. The molecule has 0 saturated carbocycles. The Bertz CT molecular complexity index is 973. The van der Waals surface area contributed by atoms with Crippen LogP contribution in [0.1, 0.15) is 11.1 Å². The topological polar surface area (TPSA) is 81.9 Å². The highest BCUT2D eigenvalue weighted by atomic mass is 19.4. The van der Waals surface area contributed by atoms with Crippen molar-refractivity contribution < 1.29 is 45.4 Å². The highest BCUT2D eigenvalue weighted by Gasteiger charge is 2.37. The van der Waals surface area contributed by atoms with Crippen LogP contribution in [0, 0.1) is 0 Å². The van der Waals surface area contributed by atoms with E-state index in [0.717, 1.165) is 4.90 Å². The quantitative estimate of drug-likeness (QED) is 0.728. The summed E-state index contributed by atoms with van der Waals surface area (Å²) < 4.78 is 88.1. The first kappa shape index (κ1) is 22.2. The van der Waals surface area contributed by atoms with Crippen molar-refractivity contribution in [1.29, 1.82) is 0 Å². The SMILES string of the molecule is NC(=O)[C@@H]1CN(C(=O)COc2cc(C(F)(F)F)cc(C(F)(F)F)c2)c2ccccc2O1. The van der Waals surface area contributed by atoms with Gasteiger partial charge in [-0.05, 0) is 30.3 Å². The van der Waals surface area contributed by atoms with Crippen LogP contribution < -0.4 is 20.1 Å². The molecule has 1 atom stereocenters. The number of primary amides is 1. The molecule has 1 aliphatic rings. The summed E-state index contributed by atoms with van der Waals surface area (Å²) in [6.45, 7) is -1.19. The number of carbonyl (C=O) groups is 2. The first-order valence-corrected chi connectivity index (χ1v) is 8.64. The van der Waals surface area contributed by atoms with Crippen LogP contribution in [0.4, 0.5) is 32.0 Å². The maximum absolute atomic E-state index is 13.0. The molecule has 2 amide bonds. The number of rotatable bonds is 4. The standard InChI is InChI=1S/C19H14F6N2O4/c20-18(21,22)10-5-11(19(23,24)25)7-12(6-10)30-9-16(28)27-8-15(17(26)29)31-14-4-2-1-3-13(14)27/h1-7,15H,8-9H2,(H2,26,29)/t15-/m0/s1. The molecule has 3 rings (SSSR count). The lowest BCUT2D eigenvalue weighted by Crippen LogP contribution is -2.50. The summed E-state index contributed by atoms with van der Waals surface area (Å²) in [7, 11) is 0. The largest absolute Gasteiger partial charge is 0.484 e. The van der Waals surface area contributed by atoms with Gasteiger partial charge >= 0.3 is 12.4 Å². The van der Waals surface area contributed by atoms with Gasteiger partial charge in [0.05, 0.1) is 23.4 Å². The second-order valence-electron chi connectivity index (χ2n) is 6.51. The monoisotopic (exact) mass is 448 g/mol. The van der Waals surface area contributed by atoms with Gasteiger partial charge in [0.15, 0.2) is 12.7 Å². The van der Waals surface area contributed by atoms with Gasteiger partial charge in [0, 0.05) is 0 Å². The van der Waals surface area contributed by atoms with Crippen LogP contribution in [0.25, 0.3) is 0 Å². The number of fused-ring (bicyclic) bond motifs is 1. The molecule has 6 nitrogen and oxygen atoms in total. The number of para-hydroxylation sites is 2.